The standard InChI is InChI=1S/C17H24N6O7S/c18-14-11-15(20-7-19-14)23(8-21-11)17-13(25)12(24)10(30-17)6-29-31(27,28)22-16(26)9-4-2-1-3-5-9/h7-10,12-13,17,24-25H,1-6H2,(H,22,26)(H2,18,19,20)/t10?,12-,13-,17?/m1/s1. The topological polar surface area (TPSA) is 192 Å². The Balaban J connectivity index is 1.40. The molecule has 0 spiro atoms. The fourth-order valence-electron chi connectivity index (χ4n) is 3.91. The normalized spacial score (nSPS) is 27.5. The fourth-order valence-corrected chi connectivity index (χ4v) is 4.70. The molecule has 2 aliphatic rings. The zero-order valence-corrected chi connectivity index (χ0v) is 17.3. The van der Waals surface area contributed by atoms with Crippen LogP contribution in [0.1, 0.15) is 38.3 Å². The molecule has 2 unspecified atom stereocenters. The summed E-state index contributed by atoms with van der Waals surface area (Å²) < 4.78 is 38.0. The predicted molar refractivity (Wildman–Crippen MR) is 105 cm³/mol. The van der Waals surface area contributed by atoms with Crippen LogP contribution >= 0.6 is 0 Å². The van der Waals surface area contributed by atoms with Gasteiger partial charge in [0.25, 0.3) is 0 Å². The van der Waals surface area contributed by atoms with Gasteiger partial charge in [-0.25, -0.2) is 19.7 Å². The summed E-state index contributed by atoms with van der Waals surface area (Å²) in [4.78, 5) is 24.1. The minimum Gasteiger partial charge on any atom is -0.387 e. The molecule has 13 nitrogen and oxygen atoms in total. The number of ether oxygens (including phenoxy) is 1. The number of carbonyl (C=O) groups excluding carboxylic acids is 1. The van der Waals surface area contributed by atoms with Gasteiger partial charge in [-0.1, -0.05) is 19.3 Å². The number of hydrogen-bond donors (Lipinski definition) is 4. The van der Waals surface area contributed by atoms with E-state index >= 15 is 0 Å². The Morgan fingerprint density at radius 2 is 1.97 bits per heavy atom. The lowest BCUT2D eigenvalue weighted by Crippen LogP contribution is -2.40. The van der Waals surface area contributed by atoms with Crippen molar-refractivity contribution in [3.05, 3.63) is 12.7 Å². The number of rotatable bonds is 6. The quantitative estimate of drug-likeness (QED) is 0.416. The second kappa shape index (κ2) is 8.63. The number of anilines is 1. The number of aliphatic hydroxyl groups is 2. The van der Waals surface area contributed by atoms with Crippen molar-refractivity contribution in [3.63, 3.8) is 0 Å². The average Bonchev–Trinajstić information content (AvgIpc) is 3.29. The Bertz CT molecular complexity index is 1050. The predicted octanol–water partition coefficient (Wildman–Crippen LogP) is -1.01. The largest absolute Gasteiger partial charge is 0.387 e. The van der Waals surface area contributed by atoms with E-state index in [0.29, 0.717) is 18.4 Å². The van der Waals surface area contributed by atoms with Gasteiger partial charge in [0.1, 0.15) is 30.2 Å². The van der Waals surface area contributed by atoms with Gasteiger partial charge in [0.15, 0.2) is 17.7 Å². The van der Waals surface area contributed by atoms with E-state index in [2.05, 4.69) is 15.0 Å². The number of nitrogens with one attached hydrogen (secondary N) is 1. The molecule has 31 heavy (non-hydrogen) atoms. The second-order valence-corrected chi connectivity index (χ2v) is 9.02. The number of carbonyl (C=O) groups is 1. The van der Waals surface area contributed by atoms with E-state index in [1.807, 2.05) is 4.72 Å². The Hall–Kier alpha value is -2.39. The smallest absolute Gasteiger partial charge is 0.362 e. The van der Waals surface area contributed by atoms with Crippen molar-refractivity contribution in [1.29, 1.82) is 0 Å². The summed E-state index contributed by atoms with van der Waals surface area (Å²) in [5.74, 6) is -0.834. The molecule has 1 saturated carbocycles. The van der Waals surface area contributed by atoms with Gasteiger partial charge in [0, 0.05) is 5.92 Å². The molecule has 0 bridgehead atoms. The molecule has 170 valence electrons. The summed E-state index contributed by atoms with van der Waals surface area (Å²) in [6.45, 7) is -0.605. The maximum atomic E-state index is 12.2. The molecule has 2 aromatic heterocycles. The van der Waals surface area contributed by atoms with Crippen molar-refractivity contribution in [3.8, 4) is 0 Å². The molecule has 2 fully saturated rings. The van der Waals surface area contributed by atoms with Gasteiger partial charge in [0.2, 0.25) is 5.91 Å². The zero-order valence-electron chi connectivity index (χ0n) is 16.5. The van der Waals surface area contributed by atoms with Crippen LogP contribution in [0.15, 0.2) is 12.7 Å². The monoisotopic (exact) mass is 456 g/mol. The maximum absolute atomic E-state index is 12.2. The molecule has 4 atom stereocenters. The molecule has 3 heterocycles. The van der Waals surface area contributed by atoms with Crippen LogP contribution in [0.25, 0.3) is 11.2 Å². The fraction of sp³-hybridized carbons (Fsp3) is 0.647. The van der Waals surface area contributed by atoms with Gasteiger partial charge in [-0.3, -0.25) is 13.5 Å². The van der Waals surface area contributed by atoms with Crippen LogP contribution < -0.4 is 10.5 Å². The van der Waals surface area contributed by atoms with Crippen molar-refractivity contribution < 1.29 is 32.3 Å². The van der Waals surface area contributed by atoms with Gasteiger partial charge in [-0.15, -0.1) is 0 Å². The highest BCUT2D eigenvalue weighted by molar-refractivity contribution is 7.85. The van der Waals surface area contributed by atoms with E-state index in [-0.39, 0.29) is 17.4 Å². The van der Waals surface area contributed by atoms with Gasteiger partial charge < -0.3 is 20.7 Å². The molecule has 1 aliphatic carbocycles. The first-order valence-electron chi connectivity index (χ1n) is 9.92. The number of fused-ring (bicyclic) bond motifs is 1. The number of amides is 1. The Morgan fingerprint density at radius 1 is 1.23 bits per heavy atom. The van der Waals surface area contributed by atoms with E-state index in [0.717, 1.165) is 19.3 Å². The third-order valence-electron chi connectivity index (χ3n) is 5.59. The van der Waals surface area contributed by atoms with E-state index in [1.54, 1.807) is 0 Å². The van der Waals surface area contributed by atoms with Crippen LogP contribution in [-0.2, 0) is 24.0 Å². The Morgan fingerprint density at radius 3 is 2.71 bits per heavy atom. The number of nitrogens with zero attached hydrogens (tertiary/aromatic N) is 4. The molecular weight excluding hydrogens is 432 g/mol. The third kappa shape index (κ3) is 4.48. The second-order valence-electron chi connectivity index (χ2n) is 7.67. The number of imidazole rings is 1. The molecule has 4 rings (SSSR count). The number of nitrogens with two attached hydrogens (primary N) is 1. The molecule has 2 aromatic rings. The van der Waals surface area contributed by atoms with E-state index < -0.39 is 47.4 Å². The number of aliphatic hydroxyl groups excluding tert-OH is 2. The van der Waals surface area contributed by atoms with Crippen molar-refractivity contribution in [2.75, 3.05) is 12.3 Å². The van der Waals surface area contributed by atoms with Gasteiger partial charge in [-0.05, 0) is 12.8 Å². The number of aromatic nitrogens is 4. The van der Waals surface area contributed by atoms with E-state index in [4.69, 9.17) is 14.7 Å². The van der Waals surface area contributed by atoms with Crippen LogP contribution in [0, 0.1) is 5.92 Å². The molecule has 1 aliphatic heterocycles. The first-order chi connectivity index (χ1) is 14.8. The molecule has 0 aromatic carbocycles. The summed E-state index contributed by atoms with van der Waals surface area (Å²) in [5, 5.41) is 20.7. The zero-order chi connectivity index (χ0) is 22.2. The van der Waals surface area contributed by atoms with E-state index in [9.17, 15) is 23.4 Å². The SMILES string of the molecule is Nc1ncnc2c1ncn2C1OC(COS(=O)(=O)NC(=O)C2CCCCC2)[C@@H](O)[C@H]1O. The van der Waals surface area contributed by atoms with Crippen molar-refractivity contribution in [2.24, 2.45) is 5.92 Å². The maximum Gasteiger partial charge on any atom is 0.362 e. The van der Waals surface area contributed by atoms with Crippen LogP contribution in [0.2, 0.25) is 0 Å². The van der Waals surface area contributed by atoms with Gasteiger partial charge >= 0.3 is 10.3 Å². The minimum atomic E-state index is -4.40. The molecule has 1 amide bonds. The van der Waals surface area contributed by atoms with Crippen molar-refractivity contribution in [1.82, 2.24) is 24.2 Å². The number of nitrogen functional groups attached to an aromatic ring is 1. The van der Waals surface area contributed by atoms with Gasteiger partial charge in [-0.2, -0.15) is 8.42 Å². The third-order valence-corrected chi connectivity index (χ3v) is 6.49. The minimum absolute atomic E-state index is 0.136. The Labute approximate surface area is 177 Å². The molecule has 1 saturated heterocycles. The van der Waals surface area contributed by atoms with Crippen molar-refractivity contribution in [2.45, 2.75) is 56.6 Å². The lowest BCUT2D eigenvalue weighted by molar-refractivity contribution is -0.124. The molecule has 0 radical (unpaired) electrons. The highest BCUT2D eigenvalue weighted by Gasteiger charge is 2.45. The summed E-state index contributed by atoms with van der Waals surface area (Å²) in [6.07, 6.45) is 1.42. The highest BCUT2D eigenvalue weighted by atomic mass is 32.2. The van der Waals surface area contributed by atoms with Crippen molar-refractivity contribution >= 4 is 33.2 Å². The molecular formula is C17H24N6O7S. The average molecular weight is 456 g/mol. The van der Waals surface area contributed by atoms with Crippen LogP contribution in [0.5, 0.6) is 0 Å². The van der Waals surface area contributed by atoms with Crippen LogP contribution in [0.4, 0.5) is 5.82 Å². The lowest BCUT2D eigenvalue weighted by Gasteiger charge is -2.21. The summed E-state index contributed by atoms with van der Waals surface area (Å²) in [6, 6.07) is 0. The lowest BCUT2D eigenvalue weighted by atomic mass is 9.89. The number of hydrogen-bond acceptors (Lipinski definition) is 11. The molecule has 5 N–H and O–H groups in total. The summed E-state index contributed by atoms with van der Waals surface area (Å²) >= 11 is 0. The van der Waals surface area contributed by atoms with Gasteiger partial charge in [0.05, 0.1) is 12.9 Å². The molecule has 14 heteroatoms. The first kappa shape index (κ1) is 21.8. The first-order valence-corrected chi connectivity index (χ1v) is 11.3. The van der Waals surface area contributed by atoms with Crippen LogP contribution in [0.3, 0.4) is 0 Å². The van der Waals surface area contributed by atoms with Crippen LogP contribution in [-0.4, -0.2) is 69.0 Å². The summed E-state index contributed by atoms with van der Waals surface area (Å²) in [5.41, 5.74) is 6.31. The van der Waals surface area contributed by atoms with E-state index in [1.165, 1.54) is 17.2 Å². The Kier molecular flexibility index (Phi) is 6.07. The summed E-state index contributed by atoms with van der Waals surface area (Å²) in [7, 11) is -4.40. The highest BCUT2D eigenvalue weighted by Crippen LogP contribution is 2.32.